The molecule has 0 aliphatic heterocycles. The fourth-order valence-corrected chi connectivity index (χ4v) is 1.69. The number of aliphatic hydroxyl groups is 1. The first-order valence-electron chi connectivity index (χ1n) is 5.97. The molecule has 0 bridgehead atoms. The van der Waals surface area contributed by atoms with Gasteiger partial charge in [0.1, 0.15) is 0 Å². The molecule has 0 saturated carbocycles. The smallest absolute Gasteiger partial charge is 0.309 e. The van der Waals surface area contributed by atoms with Crippen LogP contribution >= 0.6 is 0 Å². The Morgan fingerprint density at radius 2 is 1.88 bits per heavy atom. The van der Waals surface area contributed by atoms with Gasteiger partial charge in [0, 0.05) is 0 Å². The van der Waals surface area contributed by atoms with Crippen LogP contribution in [0.1, 0.15) is 38.3 Å². The molecule has 0 saturated heterocycles. The van der Waals surface area contributed by atoms with Gasteiger partial charge in [0.05, 0.1) is 18.6 Å². The fourth-order valence-electron chi connectivity index (χ4n) is 1.69. The molecule has 3 nitrogen and oxygen atoms in total. The third-order valence-corrected chi connectivity index (χ3v) is 2.78. The van der Waals surface area contributed by atoms with Crippen molar-refractivity contribution in [3.8, 4) is 0 Å². The molecule has 0 aliphatic rings. The molecule has 1 atom stereocenters. The second-order valence-corrected chi connectivity index (χ2v) is 4.31. The van der Waals surface area contributed by atoms with E-state index < -0.39 is 5.60 Å². The topological polar surface area (TPSA) is 46.5 Å². The summed E-state index contributed by atoms with van der Waals surface area (Å²) in [4.78, 5) is 11.4. The molecule has 0 radical (unpaired) electrons. The molecule has 0 amide bonds. The number of carbonyl (C=O) groups is 1. The fraction of sp³-hybridized carbons (Fsp3) is 0.500. The van der Waals surface area contributed by atoms with Crippen LogP contribution in [-0.2, 0) is 21.6 Å². The molecule has 94 valence electrons. The molecule has 0 fully saturated rings. The Morgan fingerprint density at radius 3 is 2.35 bits per heavy atom. The number of ether oxygens (including phenoxy) is 1. The van der Waals surface area contributed by atoms with Gasteiger partial charge in [0.2, 0.25) is 0 Å². The van der Waals surface area contributed by atoms with Gasteiger partial charge in [-0.2, -0.15) is 0 Å². The lowest BCUT2D eigenvalue weighted by atomic mass is 9.91. The first kappa shape index (κ1) is 13.7. The van der Waals surface area contributed by atoms with Crippen LogP contribution in [0.4, 0.5) is 0 Å². The van der Waals surface area contributed by atoms with Crippen LogP contribution in [0.15, 0.2) is 24.3 Å². The van der Waals surface area contributed by atoms with E-state index in [4.69, 9.17) is 4.74 Å². The van der Waals surface area contributed by atoms with E-state index in [1.165, 1.54) is 5.56 Å². The van der Waals surface area contributed by atoms with Gasteiger partial charge in [-0.15, -0.1) is 0 Å². The van der Waals surface area contributed by atoms with Crippen molar-refractivity contribution >= 4 is 5.97 Å². The molecule has 1 N–H and O–H groups in total. The van der Waals surface area contributed by atoms with E-state index in [0.29, 0.717) is 6.61 Å². The lowest BCUT2D eigenvalue weighted by molar-refractivity contribution is -0.148. The first-order chi connectivity index (χ1) is 7.99. The second kappa shape index (κ2) is 5.82. The Labute approximate surface area is 102 Å². The summed E-state index contributed by atoms with van der Waals surface area (Å²) in [6.07, 6.45) is 0.937. The average molecular weight is 236 g/mol. The molecule has 0 aromatic heterocycles. The van der Waals surface area contributed by atoms with Crippen molar-refractivity contribution in [3.63, 3.8) is 0 Å². The standard InChI is InChI=1S/C14H20O3/c1-4-11-6-8-12(9-7-11)14(3,16)10-13(15)17-5-2/h6-9,16H,4-5,10H2,1-3H3. The van der Waals surface area contributed by atoms with Crippen molar-refractivity contribution in [1.29, 1.82) is 0 Å². The maximum atomic E-state index is 11.4. The quantitative estimate of drug-likeness (QED) is 0.799. The Hall–Kier alpha value is -1.35. The molecule has 1 aromatic rings. The second-order valence-electron chi connectivity index (χ2n) is 4.31. The molecule has 1 unspecified atom stereocenters. The predicted octanol–water partition coefficient (Wildman–Crippen LogP) is 2.41. The van der Waals surface area contributed by atoms with Gasteiger partial charge in [-0.1, -0.05) is 31.2 Å². The van der Waals surface area contributed by atoms with Crippen molar-refractivity contribution in [2.45, 2.75) is 39.2 Å². The number of rotatable bonds is 5. The van der Waals surface area contributed by atoms with Crippen molar-refractivity contribution in [3.05, 3.63) is 35.4 Å². The maximum absolute atomic E-state index is 11.4. The molecule has 17 heavy (non-hydrogen) atoms. The molecule has 0 spiro atoms. The van der Waals surface area contributed by atoms with Gasteiger partial charge < -0.3 is 9.84 Å². The zero-order valence-electron chi connectivity index (χ0n) is 10.7. The summed E-state index contributed by atoms with van der Waals surface area (Å²) in [7, 11) is 0. The third kappa shape index (κ3) is 3.86. The molecule has 0 aliphatic carbocycles. The summed E-state index contributed by atoms with van der Waals surface area (Å²) >= 11 is 0. The van der Waals surface area contributed by atoms with Gasteiger partial charge in [-0.25, -0.2) is 0 Å². The van der Waals surface area contributed by atoms with Crippen LogP contribution < -0.4 is 0 Å². The van der Waals surface area contributed by atoms with E-state index in [9.17, 15) is 9.90 Å². The Balaban J connectivity index is 2.77. The summed E-state index contributed by atoms with van der Waals surface area (Å²) in [5.74, 6) is -0.378. The molecule has 0 heterocycles. The van der Waals surface area contributed by atoms with E-state index >= 15 is 0 Å². The van der Waals surface area contributed by atoms with Crippen LogP contribution in [0.3, 0.4) is 0 Å². The number of aryl methyl sites for hydroxylation is 1. The Kier molecular flexibility index (Phi) is 4.70. The predicted molar refractivity (Wildman–Crippen MR) is 66.6 cm³/mol. The molecule has 1 rings (SSSR count). The summed E-state index contributed by atoms with van der Waals surface area (Å²) in [6.45, 7) is 5.79. The van der Waals surface area contributed by atoms with Crippen molar-refractivity contribution < 1.29 is 14.6 Å². The van der Waals surface area contributed by atoms with Crippen LogP contribution in [-0.4, -0.2) is 17.7 Å². The first-order valence-corrected chi connectivity index (χ1v) is 5.97. The van der Waals surface area contributed by atoms with E-state index in [1.807, 2.05) is 24.3 Å². The molecule has 3 heteroatoms. The van der Waals surface area contributed by atoms with Crippen molar-refractivity contribution in [2.75, 3.05) is 6.61 Å². The third-order valence-electron chi connectivity index (χ3n) is 2.78. The lowest BCUT2D eigenvalue weighted by Gasteiger charge is -2.22. The zero-order valence-corrected chi connectivity index (χ0v) is 10.7. The Bertz CT molecular complexity index is 366. The number of hydrogen-bond acceptors (Lipinski definition) is 3. The Morgan fingerprint density at radius 1 is 1.29 bits per heavy atom. The largest absolute Gasteiger partial charge is 0.466 e. The van der Waals surface area contributed by atoms with Gasteiger partial charge in [-0.3, -0.25) is 4.79 Å². The summed E-state index contributed by atoms with van der Waals surface area (Å²) < 4.78 is 4.85. The molecular weight excluding hydrogens is 216 g/mol. The zero-order chi connectivity index (χ0) is 12.9. The van der Waals surface area contributed by atoms with Crippen LogP contribution in [0, 0.1) is 0 Å². The van der Waals surface area contributed by atoms with Gasteiger partial charge in [-0.05, 0) is 31.4 Å². The van der Waals surface area contributed by atoms with E-state index in [-0.39, 0.29) is 12.4 Å². The minimum absolute atomic E-state index is 0.0215. The monoisotopic (exact) mass is 236 g/mol. The minimum Gasteiger partial charge on any atom is -0.466 e. The van der Waals surface area contributed by atoms with Crippen LogP contribution in [0.5, 0.6) is 0 Å². The number of hydrogen-bond donors (Lipinski definition) is 1. The highest BCUT2D eigenvalue weighted by Gasteiger charge is 2.27. The minimum atomic E-state index is -1.17. The van der Waals surface area contributed by atoms with Gasteiger partial charge in [0.15, 0.2) is 0 Å². The normalized spacial score (nSPS) is 14.1. The highest BCUT2D eigenvalue weighted by atomic mass is 16.5. The summed E-state index contributed by atoms with van der Waals surface area (Å²) in [5, 5.41) is 10.2. The highest BCUT2D eigenvalue weighted by Crippen LogP contribution is 2.25. The van der Waals surface area contributed by atoms with E-state index in [2.05, 4.69) is 6.92 Å². The molecular formula is C14H20O3. The van der Waals surface area contributed by atoms with Gasteiger partial charge >= 0.3 is 5.97 Å². The van der Waals surface area contributed by atoms with Crippen LogP contribution in [0.25, 0.3) is 0 Å². The number of carbonyl (C=O) groups excluding carboxylic acids is 1. The van der Waals surface area contributed by atoms with Crippen molar-refractivity contribution in [1.82, 2.24) is 0 Å². The maximum Gasteiger partial charge on any atom is 0.309 e. The SMILES string of the molecule is CCOC(=O)CC(C)(O)c1ccc(CC)cc1. The summed E-state index contributed by atoms with van der Waals surface area (Å²) in [5.41, 5.74) is 0.779. The lowest BCUT2D eigenvalue weighted by Crippen LogP contribution is -2.26. The molecule has 1 aromatic carbocycles. The van der Waals surface area contributed by atoms with E-state index in [1.54, 1.807) is 13.8 Å². The van der Waals surface area contributed by atoms with Crippen LogP contribution in [0.2, 0.25) is 0 Å². The van der Waals surface area contributed by atoms with Gasteiger partial charge in [0.25, 0.3) is 0 Å². The highest BCUT2D eigenvalue weighted by molar-refractivity contribution is 5.71. The van der Waals surface area contributed by atoms with E-state index in [0.717, 1.165) is 12.0 Å². The number of benzene rings is 1. The number of esters is 1. The summed E-state index contributed by atoms with van der Waals surface area (Å²) in [6, 6.07) is 7.65. The average Bonchev–Trinajstić information content (AvgIpc) is 2.28. The van der Waals surface area contributed by atoms with Crippen molar-refractivity contribution in [2.24, 2.45) is 0 Å².